The van der Waals surface area contributed by atoms with Crippen LogP contribution in [0.4, 0.5) is 8.78 Å². The lowest BCUT2D eigenvalue weighted by molar-refractivity contribution is 0.583. The molecule has 9 heteroatoms. The van der Waals surface area contributed by atoms with Crippen LogP contribution in [0.3, 0.4) is 0 Å². The maximum atomic E-state index is 14.4. The first-order valence-corrected chi connectivity index (χ1v) is 15.5. The van der Waals surface area contributed by atoms with Crippen molar-refractivity contribution in [3.05, 3.63) is 150 Å². The molecule has 0 N–H and O–H groups in total. The maximum absolute atomic E-state index is 14.4. The molecule has 0 radical (unpaired) electrons. The minimum atomic E-state index is -4.10. The molecule has 0 saturated carbocycles. The fourth-order valence-corrected chi connectivity index (χ4v) is 7.40. The third kappa shape index (κ3) is 7.47. The molecule has 0 aliphatic carbocycles. The molecule has 0 saturated heterocycles. The average Bonchev–Trinajstić information content (AvgIpc) is 2.88. The molecule has 2 nitrogen and oxygen atoms in total. The van der Waals surface area contributed by atoms with Crippen LogP contribution >= 0.6 is 55.1 Å². The van der Waals surface area contributed by atoms with Gasteiger partial charge in [-0.15, -0.1) is 0 Å². The van der Waals surface area contributed by atoms with Gasteiger partial charge >= 0.3 is 0 Å². The summed E-state index contributed by atoms with van der Waals surface area (Å²) in [5.41, 5.74) is 1.95. The minimum Gasteiger partial charge on any atom is -0.227 e. The molecule has 4 rings (SSSR count). The van der Waals surface area contributed by atoms with E-state index in [4.69, 9.17) is 23.2 Å². The van der Waals surface area contributed by atoms with Gasteiger partial charge in [0.2, 0.25) is 0 Å². The molecule has 200 valence electrons. The second kappa shape index (κ2) is 12.9. The number of rotatable bonds is 8. The van der Waals surface area contributed by atoms with Crippen molar-refractivity contribution in [2.75, 3.05) is 0 Å². The van der Waals surface area contributed by atoms with E-state index in [1.807, 2.05) is 0 Å². The Bertz CT molecular complexity index is 1520. The fourth-order valence-electron chi connectivity index (χ4n) is 3.94. The summed E-state index contributed by atoms with van der Waals surface area (Å²) in [6.07, 6.45) is 6.29. The van der Waals surface area contributed by atoms with Gasteiger partial charge in [-0.1, -0.05) is 116 Å². The molecule has 0 aliphatic heterocycles. The van der Waals surface area contributed by atoms with Crippen molar-refractivity contribution in [3.63, 3.8) is 0 Å². The highest BCUT2D eigenvalue weighted by atomic mass is 79.9. The lowest BCUT2D eigenvalue weighted by Crippen LogP contribution is -2.19. The van der Waals surface area contributed by atoms with Gasteiger partial charge in [-0.05, 0) is 70.8 Å². The van der Waals surface area contributed by atoms with Gasteiger partial charge < -0.3 is 0 Å². The van der Waals surface area contributed by atoms with Crippen LogP contribution in [0.25, 0.3) is 12.2 Å². The van der Waals surface area contributed by atoms with Crippen molar-refractivity contribution in [2.24, 2.45) is 0 Å². The van der Waals surface area contributed by atoms with Crippen molar-refractivity contribution >= 4 is 77.1 Å². The predicted octanol–water partition coefficient (Wildman–Crippen LogP) is 10.4. The summed E-state index contributed by atoms with van der Waals surface area (Å²) in [6.45, 7) is 0. The second-order valence-corrected chi connectivity index (χ2v) is 13.4. The Hall–Kier alpha value is -2.29. The first-order chi connectivity index (χ1) is 18.5. The van der Waals surface area contributed by atoms with Crippen molar-refractivity contribution in [1.82, 2.24) is 0 Å². The monoisotopic (exact) mass is 710 g/mol. The summed E-state index contributed by atoms with van der Waals surface area (Å²) in [5.74, 6) is -0.982. The molecular weight excluding hydrogens is 693 g/mol. The molecule has 39 heavy (non-hydrogen) atoms. The van der Waals surface area contributed by atoms with E-state index in [0.29, 0.717) is 32.3 Å². The highest BCUT2D eigenvalue weighted by Crippen LogP contribution is 2.38. The number of sulfone groups is 1. The number of hydrogen-bond acceptors (Lipinski definition) is 2. The van der Waals surface area contributed by atoms with Gasteiger partial charge in [0.05, 0.1) is 0 Å². The normalized spacial score (nSPS) is 13.7. The van der Waals surface area contributed by atoms with Crippen molar-refractivity contribution in [2.45, 2.75) is 10.5 Å². The first kappa shape index (κ1) is 29.7. The Kier molecular flexibility index (Phi) is 9.83. The van der Waals surface area contributed by atoms with E-state index in [-0.39, 0.29) is 0 Å². The topological polar surface area (TPSA) is 34.1 Å². The highest BCUT2D eigenvalue weighted by molar-refractivity contribution is 9.10. The van der Waals surface area contributed by atoms with Crippen LogP contribution in [0, 0.1) is 11.6 Å². The summed E-state index contributed by atoms with van der Waals surface area (Å²) in [5, 5.41) is -1.51. The largest absolute Gasteiger partial charge is 0.227 e. The Morgan fingerprint density at radius 3 is 1.31 bits per heavy atom. The third-order valence-corrected chi connectivity index (χ3v) is 9.85. The Morgan fingerprint density at radius 1 is 0.615 bits per heavy atom. The van der Waals surface area contributed by atoms with Gasteiger partial charge in [0, 0.05) is 19.0 Å². The molecule has 0 aromatic heterocycles. The first-order valence-electron chi connectivity index (χ1n) is 11.5. The van der Waals surface area contributed by atoms with Crippen LogP contribution < -0.4 is 0 Å². The zero-order valence-electron chi connectivity index (χ0n) is 20.0. The van der Waals surface area contributed by atoms with Crippen LogP contribution in [0.15, 0.2) is 106 Å². The van der Waals surface area contributed by atoms with Crippen molar-refractivity contribution < 1.29 is 17.2 Å². The summed E-state index contributed by atoms with van der Waals surface area (Å²) in [4.78, 5) is 0. The molecule has 2 unspecified atom stereocenters. The molecular formula is C30H20Br2Cl2F2O2S. The van der Waals surface area contributed by atoms with E-state index in [1.165, 1.54) is 60.7 Å². The van der Waals surface area contributed by atoms with E-state index in [2.05, 4.69) is 31.9 Å². The van der Waals surface area contributed by atoms with Gasteiger partial charge in [0.15, 0.2) is 9.84 Å². The standard InChI is InChI=1S/C30H20Br2Cl2F2O2S/c31-23-9-1-19(27(33)17-23)7-15-29(21-3-11-25(35)12-4-21)39(37,38)30(22-5-13-26(36)14-6-22)16-8-20-2-10-24(32)18-28(20)34/h1-18,29-30H/b15-7+,16-8+. The SMILES string of the molecule is O=S(=O)(C(/C=C/c1ccc(Br)cc1Cl)c1ccc(F)cc1)C(/C=C/c1ccc(Br)cc1Cl)c1ccc(F)cc1. The lowest BCUT2D eigenvalue weighted by Gasteiger charge is -2.22. The fraction of sp³-hybridized carbons (Fsp3) is 0.0667. The summed E-state index contributed by atoms with van der Waals surface area (Å²) in [7, 11) is -4.10. The molecule has 4 aromatic rings. The zero-order chi connectivity index (χ0) is 28.2. The van der Waals surface area contributed by atoms with E-state index < -0.39 is 32.0 Å². The van der Waals surface area contributed by atoms with Gasteiger partial charge in [-0.25, -0.2) is 17.2 Å². The molecule has 0 fully saturated rings. The van der Waals surface area contributed by atoms with Crippen LogP contribution in [0.1, 0.15) is 32.8 Å². The molecule has 4 aromatic carbocycles. The smallest absolute Gasteiger partial charge is 0.171 e. The van der Waals surface area contributed by atoms with Gasteiger partial charge in [0.25, 0.3) is 0 Å². The van der Waals surface area contributed by atoms with Crippen LogP contribution in [-0.2, 0) is 9.84 Å². The van der Waals surface area contributed by atoms with E-state index in [9.17, 15) is 17.2 Å². The van der Waals surface area contributed by atoms with Gasteiger partial charge in [-0.2, -0.15) is 0 Å². The zero-order valence-corrected chi connectivity index (χ0v) is 25.5. The average molecular weight is 713 g/mol. The summed E-state index contributed by atoms with van der Waals surface area (Å²) < 4.78 is 57.8. The minimum absolute atomic E-state index is 0.364. The molecule has 0 heterocycles. The molecule has 0 bridgehead atoms. The number of hydrogen-bond donors (Lipinski definition) is 0. The van der Waals surface area contributed by atoms with Crippen LogP contribution in [-0.4, -0.2) is 8.42 Å². The number of halogens is 6. The molecule has 2 atom stereocenters. The predicted molar refractivity (Wildman–Crippen MR) is 164 cm³/mol. The van der Waals surface area contributed by atoms with E-state index >= 15 is 0 Å². The lowest BCUT2D eigenvalue weighted by atomic mass is 10.1. The van der Waals surface area contributed by atoms with Gasteiger partial charge in [0.1, 0.15) is 22.1 Å². The maximum Gasteiger partial charge on any atom is 0.171 e. The summed E-state index contributed by atoms with van der Waals surface area (Å²) >= 11 is 19.5. The van der Waals surface area contributed by atoms with E-state index in [1.54, 1.807) is 48.6 Å². The van der Waals surface area contributed by atoms with E-state index in [0.717, 1.165) is 8.95 Å². The highest BCUT2D eigenvalue weighted by Gasteiger charge is 2.33. The van der Waals surface area contributed by atoms with Crippen molar-refractivity contribution in [1.29, 1.82) is 0 Å². The summed E-state index contributed by atoms with van der Waals surface area (Å²) in [6, 6.07) is 21.1. The molecule has 0 spiro atoms. The quantitative estimate of drug-likeness (QED) is 0.182. The second-order valence-electron chi connectivity index (χ2n) is 8.58. The van der Waals surface area contributed by atoms with Gasteiger partial charge in [-0.3, -0.25) is 0 Å². The van der Waals surface area contributed by atoms with Crippen LogP contribution in [0.5, 0.6) is 0 Å². The number of benzene rings is 4. The Labute approximate surface area is 253 Å². The molecule has 0 amide bonds. The van der Waals surface area contributed by atoms with Crippen LogP contribution in [0.2, 0.25) is 10.0 Å². The van der Waals surface area contributed by atoms with Crippen molar-refractivity contribution in [3.8, 4) is 0 Å². The Balaban J connectivity index is 1.85. The Morgan fingerprint density at radius 2 is 0.974 bits per heavy atom. The molecule has 0 aliphatic rings. The third-order valence-electron chi connectivity index (χ3n) is 5.93.